The van der Waals surface area contributed by atoms with E-state index < -0.39 is 0 Å². The summed E-state index contributed by atoms with van der Waals surface area (Å²) in [6.07, 6.45) is 3.01. The molecule has 0 saturated carbocycles. The van der Waals surface area contributed by atoms with Crippen LogP contribution in [0.4, 0.5) is 0 Å². The number of unbranched alkanes of at least 4 members (excludes halogenated alkanes) is 2. The lowest BCUT2D eigenvalue weighted by Gasteiger charge is -2.01. The highest BCUT2D eigenvalue weighted by Gasteiger charge is 1.98. The van der Waals surface area contributed by atoms with Crippen molar-refractivity contribution in [3.05, 3.63) is 0 Å². The summed E-state index contributed by atoms with van der Waals surface area (Å²) in [5, 5.41) is 0.638. The number of aliphatic imine (C=N–C) groups is 2. The van der Waals surface area contributed by atoms with E-state index in [2.05, 4.69) is 9.98 Å². The van der Waals surface area contributed by atoms with E-state index in [0.29, 0.717) is 10.3 Å². The largest absolute Gasteiger partial charge is 0.378 e. The maximum atomic E-state index is 10.6. The number of hydrogen-bond acceptors (Lipinski definition) is 4. The molecule has 0 aliphatic rings. The van der Waals surface area contributed by atoms with Gasteiger partial charge in [0.2, 0.25) is 11.8 Å². The Labute approximate surface area is 121 Å². The first-order valence-corrected chi connectivity index (χ1v) is 7.84. The van der Waals surface area contributed by atoms with E-state index in [4.69, 9.17) is 11.5 Å². The Balaban J connectivity index is 3.52. The van der Waals surface area contributed by atoms with Crippen LogP contribution in [0, 0.1) is 0 Å². The molecule has 0 aliphatic heterocycles. The lowest BCUT2D eigenvalue weighted by Crippen LogP contribution is -2.10. The van der Waals surface area contributed by atoms with E-state index in [-0.39, 0.29) is 11.8 Å². The minimum absolute atomic E-state index is 0.276. The quantitative estimate of drug-likeness (QED) is 0.435. The van der Waals surface area contributed by atoms with Gasteiger partial charge in [-0.3, -0.25) is 9.59 Å². The molecule has 19 heavy (non-hydrogen) atoms. The van der Waals surface area contributed by atoms with Crippen LogP contribution in [0.1, 0.15) is 33.1 Å². The number of hydrogen-bond donors (Lipinski definition) is 2. The Bertz CT molecular complexity index is 336. The van der Waals surface area contributed by atoms with Crippen molar-refractivity contribution < 1.29 is 9.59 Å². The zero-order chi connectivity index (χ0) is 14.7. The van der Waals surface area contributed by atoms with Crippen molar-refractivity contribution in [1.82, 2.24) is 0 Å². The summed E-state index contributed by atoms with van der Waals surface area (Å²) in [5.74, 6) is 1.12. The summed E-state index contributed by atoms with van der Waals surface area (Å²) in [5.41, 5.74) is 11.1. The Hall–Kier alpha value is -1.02. The van der Waals surface area contributed by atoms with E-state index in [9.17, 15) is 9.59 Å². The van der Waals surface area contributed by atoms with E-state index in [1.165, 1.54) is 37.4 Å². The second kappa shape index (κ2) is 10.9. The number of carbonyl (C=O) groups is 2. The van der Waals surface area contributed by atoms with Gasteiger partial charge in [-0.25, -0.2) is 0 Å². The fourth-order valence-electron chi connectivity index (χ4n) is 1.11. The molecule has 0 saturated heterocycles. The number of amides is 2. The normalized spacial score (nSPS) is 12.5. The van der Waals surface area contributed by atoms with Crippen molar-refractivity contribution in [3.63, 3.8) is 0 Å². The fraction of sp³-hybridized carbons (Fsp3) is 0.636. The molecule has 0 rings (SSSR count). The molecule has 0 atom stereocenters. The molecule has 2 amide bonds. The molecule has 0 unspecified atom stereocenters. The summed E-state index contributed by atoms with van der Waals surface area (Å²) in [6, 6.07) is 0. The van der Waals surface area contributed by atoms with Gasteiger partial charge in [-0.05, 0) is 12.8 Å². The molecule has 4 N–H and O–H groups in total. The lowest BCUT2D eigenvalue weighted by molar-refractivity contribution is -0.116. The summed E-state index contributed by atoms with van der Waals surface area (Å²) in [6.45, 7) is 2.75. The van der Waals surface area contributed by atoms with Gasteiger partial charge in [0.05, 0.1) is 0 Å². The Kier molecular flexibility index (Phi) is 10.3. The first-order valence-electron chi connectivity index (χ1n) is 5.87. The molecule has 0 spiro atoms. The summed E-state index contributed by atoms with van der Waals surface area (Å²) >= 11 is 2.77. The van der Waals surface area contributed by atoms with Gasteiger partial charge in [-0.15, -0.1) is 0 Å². The van der Waals surface area contributed by atoms with Crippen LogP contribution in [-0.4, -0.2) is 33.7 Å². The van der Waals surface area contributed by atoms with Gasteiger partial charge < -0.3 is 11.5 Å². The minimum atomic E-state index is -0.276. The number of amidine groups is 2. The SMILES string of the molecule is CC(=O)N=C(N)SCCCCCSC(N)=NC(C)=O. The maximum Gasteiger partial charge on any atom is 0.244 e. The summed E-state index contributed by atoms with van der Waals surface area (Å²) in [4.78, 5) is 28.5. The van der Waals surface area contributed by atoms with Gasteiger partial charge in [-0.1, -0.05) is 29.9 Å². The van der Waals surface area contributed by atoms with Crippen LogP contribution in [0.2, 0.25) is 0 Å². The predicted molar refractivity (Wildman–Crippen MR) is 83.4 cm³/mol. The number of carbonyl (C=O) groups excluding carboxylic acids is 2. The van der Waals surface area contributed by atoms with Gasteiger partial charge in [0, 0.05) is 25.4 Å². The van der Waals surface area contributed by atoms with Gasteiger partial charge in [0.15, 0.2) is 10.3 Å². The topological polar surface area (TPSA) is 111 Å². The standard InChI is InChI=1S/C11H20N4O2S2/c1-8(16)14-10(12)18-6-4-3-5-7-19-11(13)15-9(2)17/h3-7H2,1-2H3,(H2,12,14,16)(H2,13,15,17). The summed E-state index contributed by atoms with van der Waals surface area (Å²) < 4.78 is 0. The van der Waals surface area contributed by atoms with Crippen LogP contribution in [0.5, 0.6) is 0 Å². The van der Waals surface area contributed by atoms with Gasteiger partial charge >= 0.3 is 0 Å². The van der Waals surface area contributed by atoms with Crippen molar-refractivity contribution in [2.45, 2.75) is 33.1 Å². The third-order valence-electron chi connectivity index (χ3n) is 1.82. The minimum Gasteiger partial charge on any atom is -0.378 e. The van der Waals surface area contributed by atoms with Crippen LogP contribution in [0.15, 0.2) is 9.98 Å². The second-order valence-corrected chi connectivity index (χ2v) is 5.93. The van der Waals surface area contributed by atoms with Crippen LogP contribution in [0.3, 0.4) is 0 Å². The first-order chi connectivity index (χ1) is 8.91. The van der Waals surface area contributed by atoms with Crippen molar-refractivity contribution in [2.75, 3.05) is 11.5 Å². The molecule has 8 heteroatoms. The molecular weight excluding hydrogens is 284 g/mol. The lowest BCUT2D eigenvalue weighted by atomic mass is 10.3. The van der Waals surface area contributed by atoms with Crippen molar-refractivity contribution in [3.8, 4) is 0 Å². The summed E-state index contributed by atoms with van der Waals surface area (Å²) in [7, 11) is 0. The smallest absolute Gasteiger partial charge is 0.244 e. The number of thioether (sulfide) groups is 2. The molecular formula is C11H20N4O2S2. The van der Waals surface area contributed by atoms with E-state index in [1.54, 1.807) is 0 Å². The molecule has 108 valence electrons. The molecule has 0 fully saturated rings. The molecule has 0 aliphatic carbocycles. The van der Waals surface area contributed by atoms with Crippen molar-refractivity contribution in [2.24, 2.45) is 21.5 Å². The van der Waals surface area contributed by atoms with Gasteiger partial charge in [0.1, 0.15) is 0 Å². The monoisotopic (exact) mass is 304 g/mol. The molecule has 6 nitrogen and oxygen atoms in total. The van der Waals surface area contributed by atoms with Crippen LogP contribution < -0.4 is 11.5 Å². The average molecular weight is 304 g/mol. The van der Waals surface area contributed by atoms with Crippen LogP contribution in [0.25, 0.3) is 0 Å². The highest BCUT2D eigenvalue weighted by atomic mass is 32.2. The van der Waals surface area contributed by atoms with Crippen LogP contribution >= 0.6 is 23.5 Å². The number of nitrogens with two attached hydrogens (primary N) is 2. The number of rotatable bonds is 6. The third kappa shape index (κ3) is 13.2. The van der Waals surface area contributed by atoms with E-state index >= 15 is 0 Å². The molecule has 0 bridgehead atoms. The Morgan fingerprint density at radius 1 is 0.842 bits per heavy atom. The van der Waals surface area contributed by atoms with Gasteiger partial charge in [0.25, 0.3) is 0 Å². The predicted octanol–water partition coefficient (Wildman–Crippen LogP) is 1.35. The maximum absolute atomic E-state index is 10.6. The number of nitrogens with zero attached hydrogens (tertiary/aromatic N) is 2. The zero-order valence-corrected chi connectivity index (χ0v) is 12.9. The van der Waals surface area contributed by atoms with Crippen molar-refractivity contribution in [1.29, 1.82) is 0 Å². The third-order valence-corrected chi connectivity index (χ3v) is 3.58. The second-order valence-electron chi connectivity index (χ2n) is 3.70. The Morgan fingerprint density at radius 2 is 1.21 bits per heavy atom. The van der Waals surface area contributed by atoms with Gasteiger partial charge in [-0.2, -0.15) is 9.98 Å². The molecule has 0 aromatic rings. The molecule has 0 aromatic carbocycles. The molecule has 0 heterocycles. The zero-order valence-electron chi connectivity index (χ0n) is 11.2. The van der Waals surface area contributed by atoms with E-state index in [1.807, 2.05) is 0 Å². The highest BCUT2D eigenvalue weighted by Crippen LogP contribution is 2.10. The Morgan fingerprint density at radius 3 is 1.53 bits per heavy atom. The molecule has 0 radical (unpaired) electrons. The van der Waals surface area contributed by atoms with Crippen LogP contribution in [-0.2, 0) is 9.59 Å². The van der Waals surface area contributed by atoms with E-state index in [0.717, 1.165) is 30.8 Å². The van der Waals surface area contributed by atoms with Crippen molar-refractivity contribution >= 4 is 45.7 Å². The fourth-order valence-corrected chi connectivity index (χ4v) is 2.61. The molecule has 0 aromatic heterocycles. The highest BCUT2D eigenvalue weighted by molar-refractivity contribution is 8.14. The average Bonchev–Trinajstić information content (AvgIpc) is 2.25. The first kappa shape index (κ1) is 18.0.